The summed E-state index contributed by atoms with van der Waals surface area (Å²) in [6, 6.07) is 1.62. The Kier molecular flexibility index (Phi) is 3.85. The molecule has 2 aromatic rings. The molecule has 5 rings (SSSR count). The second-order valence-electron chi connectivity index (χ2n) is 9.00. The van der Waals surface area contributed by atoms with Gasteiger partial charge < -0.3 is 10.6 Å². The van der Waals surface area contributed by atoms with E-state index in [-0.39, 0.29) is 5.82 Å². The molecule has 2 aliphatic heterocycles. The second-order valence-corrected chi connectivity index (χ2v) is 9.00. The second kappa shape index (κ2) is 6.02. The molecular formula is C25H28FN3. The van der Waals surface area contributed by atoms with E-state index in [9.17, 15) is 4.39 Å². The van der Waals surface area contributed by atoms with Gasteiger partial charge in [0.25, 0.3) is 0 Å². The molecule has 4 heteroatoms. The van der Waals surface area contributed by atoms with Crippen LogP contribution in [0.4, 0.5) is 4.39 Å². The highest BCUT2D eigenvalue weighted by Gasteiger charge is 2.37. The minimum atomic E-state index is -0.420. The van der Waals surface area contributed by atoms with Crippen LogP contribution in [0, 0.1) is 12.7 Å². The van der Waals surface area contributed by atoms with Gasteiger partial charge in [-0.2, -0.15) is 0 Å². The van der Waals surface area contributed by atoms with Gasteiger partial charge in [0.05, 0.1) is 23.5 Å². The zero-order valence-corrected chi connectivity index (χ0v) is 17.7. The SMILES string of the molecule is C=C1C(C)=C(C(C)(N)CC)C=C2c3nc4cc(F)c(C)c5c4c(c3CN12)CCC5. The lowest BCUT2D eigenvalue weighted by Gasteiger charge is -2.35. The van der Waals surface area contributed by atoms with Gasteiger partial charge in [0.1, 0.15) is 5.82 Å². The molecule has 3 aliphatic rings. The molecule has 0 amide bonds. The molecule has 1 aromatic carbocycles. The maximum Gasteiger partial charge on any atom is 0.128 e. The zero-order chi connectivity index (χ0) is 20.7. The summed E-state index contributed by atoms with van der Waals surface area (Å²) in [6.45, 7) is 13.4. The summed E-state index contributed by atoms with van der Waals surface area (Å²) >= 11 is 0. The molecule has 150 valence electrons. The normalized spacial score (nSPS) is 20.0. The topological polar surface area (TPSA) is 42.1 Å². The van der Waals surface area contributed by atoms with Crippen LogP contribution in [0.1, 0.15) is 61.6 Å². The van der Waals surface area contributed by atoms with E-state index >= 15 is 0 Å². The Balaban J connectivity index is 1.80. The molecule has 0 radical (unpaired) electrons. The van der Waals surface area contributed by atoms with Crippen LogP contribution >= 0.6 is 0 Å². The van der Waals surface area contributed by atoms with Crippen molar-refractivity contribution in [2.75, 3.05) is 0 Å². The number of aryl methyl sites for hydroxylation is 2. The van der Waals surface area contributed by atoms with Gasteiger partial charge in [-0.25, -0.2) is 9.37 Å². The average Bonchev–Trinajstić information content (AvgIpc) is 3.07. The van der Waals surface area contributed by atoms with E-state index in [4.69, 9.17) is 10.7 Å². The fraction of sp³-hybridized carbons (Fsp3) is 0.400. The number of rotatable bonds is 2. The smallest absolute Gasteiger partial charge is 0.128 e. The van der Waals surface area contributed by atoms with Gasteiger partial charge in [-0.15, -0.1) is 0 Å². The van der Waals surface area contributed by atoms with Crippen LogP contribution in [0.2, 0.25) is 0 Å². The van der Waals surface area contributed by atoms with Crippen LogP contribution in [0.5, 0.6) is 0 Å². The molecule has 1 aromatic heterocycles. The summed E-state index contributed by atoms with van der Waals surface area (Å²) in [4.78, 5) is 7.25. The fourth-order valence-electron chi connectivity index (χ4n) is 5.25. The monoisotopic (exact) mass is 389 g/mol. The maximum absolute atomic E-state index is 14.6. The van der Waals surface area contributed by atoms with E-state index in [1.54, 1.807) is 6.07 Å². The van der Waals surface area contributed by atoms with Gasteiger partial charge >= 0.3 is 0 Å². The molecule has 1 aliphatic carbocycles. The number of hydrogen-bond donors (Lipinski definition) is 1. The zero-order valence-electron chi connectivity index (χ0n) is 17.7. The minimum Gasteiger partial charge on any atom is -0.335 e. The molecule has 0 bridgehead atoms. The number of halogens is 1. The lowest BCUT2D eigenvalue weighted by molar-refractivity contribution is 0.487. The molecule has 3 heterocycles. The molecule has 1 atom stereocenters. The van der Waals surface area contributed by atoms with Crippen molar-refractivity contribution in [3.63, 3.8) is 0 Å². The van der Waals surface area contributed by atoms with E-state index in [1.165, 1.54) is 16.5 Å². The predicted octanol–water partition coefficient (Wildman–Crippen LogP) is 5.30. The van der Waals surface area contributed by atoms with Crippen LogP contribution in [0.3, 0.4) is 0 Å². The van der Waals surface area contributed by atoms with E-state index in [0.29, 0.717) is 0 Å². The summed E-state index contributed by atoms with van der Waals surface area (Å²) in [6.07, 6.45) is 6.05. The molecule has 3 nitrogen and oxygen atoms in total. The van der Waals surface area contributed by atoms with Crippen molar-refractivity contribution in [3.8, 4) is 0 Å². The molecule has 1 unspecified atom stereocenters. The Hall–Kier alpha value is -2.46. The number of allylic oxidation sites excluding steroid dienone is 1. The van der Waals surface area contributed by atoms with Crippen molar-refractivity contribution >= 4 is 16.6 Å². The van der Waals surface area contributed by atoms with Crippen molar-refractivity contribution < 1.29 is 4.39 Å². The number of nitrogens with two attached hydrogens (primary N) is 1. The fourth-order valence-corrected chi connectivity index (χ4v) is 5.25. The third-order valence-electron chi connectivity index (χ3n) is 7.31. The first-order valence-electron chi connectivity index (χ1n) is 10.6. The maximum atomic E-state index is 14.6. The summed E-state index contributed by atoms with van der Waals surface area (Å²) in [5, 5.41) is 1.18. The van der Waals surface area contributed by atoms with Crippen LogP contribution in [0.25, 0.3) is 16.6 Å². The van der Waals surface area contributed by atoms with Crippen LogP contribution in [-0.2, 0) is 19.4 Å². The van der Waals surface area contributed by atoms with Crippen molar-refractivity contribution in [2.24, 2.45) is 5.73 Å². The highest BCUT2D eigenvalue weighted by molar-refractivity contribution is 5.92. The lowest BCUT2D eigenvalue weighted by atomic mass is 9.83. The van der Waals surface area contributed by atoms with Crippen LogP contribution in [-0.4, -0.2) is 15.4 Å². The third-order valence-corrected chi connectivity index (χ3v) is 7.31. The van der Waals surface area contributed by atoms with Crippen LogP contribution in [0.15, 0.2) is 35.6 Å². The number of fused-ring (bicyclic) bond motifs is 4. The molecule has 0 fully saturated rings. The first-order chi connectivity index (χ1) is 13.7. The lowest BCUT2D eigenvalue weighted by Crippen LogP contribution is -2.39. The molecule has 0 saturated heterocycles. The largest absolute Gasteiger partial charge is 0.335 e. The number of hydrogen-bond acceptors (Lipinski definition) is 3. The van der Waals surface area contributed by atoms with Gasteiger partial charge in [0.2, 0.25) is 0 Å². The van der Waals surface area contributed by atoms with Gasteiger partial charge in [-0.3, -0.25) is 0 Å². The Labute approximate surface area is 171 Å². The van der Waals surface area contributed by atoms with Gasteiger partial charge in [0, 0.05) is 28.3 Å². The number of aromatic nitrogens is 1. The number of pyridine rings is 1. The van der Waals surface area contributed by atoms with E-state index < -0.39 is 5.54 Å². The first-order valence-corrected chi connectivity index (χ1v) is 10.6. The van der Waals surface area contributed by atoms with E-state index in [2.05, 4.69) is 38.3 Å². The predicted molar refractivity (Wildman–Crippen MR) is 117 cm³/mol. The number of benzene rings is 1. The molecule has 2 N–H and O–H groups in total. The third kappa shape index (κ3) is 2.42. The highest BCUT2D eigenvalue weighted by atomic mass is 19.1. The number of nitrogens with zero attached hydrogens (tertiary/aromatic N) is 2. The Morgan fingerprint density at radius 1 is 1.24 bits per heavy atom. The summed E-state index contributed by atoms with van der Waals surface area (Å²) in [5.74, 6) is -0.151. The van der Waals surface area contributed by atoms with Crippen LogP contribution < -0.4 is 5.73 Å². The van der Waals surface area contributed by atoms with Crippen molar-refractivity contribution in [2.45, 2.75) is 65.5 Å². The van der Waals surface area contributed by atoms with Crippen molar-refractivity contribution in [3.05, 3.63) is 69.3 Å². The summed E-state index contributed by atoms with van der Waals surface area (Å²) < 4.78 is 14.6. The van der Waals surface area contributed by atoms with Crippen molar-refractivity contribution in [1.82, 2.24) is 9.88 Å². The molecule has 29 heavy (non-hydrogen) atoms. The Bertz CT molecular complexity index is 1170. The highest BCUT2D eigenvalue weighted by Crippen LogP contribution is 2.47. The van der Waals surface area contributed by atoms with Crippen molar-refractivity contribution in [1.29, 1.82) is 0 Å². The first kappa shape index (κ1) is 18.6. The summed E-state index contributed by atoms with van der Waals surface area (Å²) in [5.41, 5.74) is 16.8. The molecule has 0 saturated carbocycles. The Morgan fingerprint density at radius 2 is 1.97 bits per heavy atom. The Morgan fingerprint density at radius 3 is 2.69 bits per heavy atom. The average molecular weight is 390 g/mol. The van der Waals surface area contributed by atoms with Gasteiger partial charge in [-0.05, 0) is 80.4 Å². The standard InChI is InChI=1S/C25H28FN3/c1-6-25(5,27)19-10-22-24-18(12-29(22)15(4)13(19)2)17-9-7-8-16-14(3)20(26)11-21(28-24)23(16)17/h10-11H,4,6-9,12,27H2,1-3,5H3. The van der Waals surface area contributed by atoms with Gasteiger partial charge in [-0.1, -0.05) is 13.5 Å². The van der Waals surface area contributed by atoms with E-state index in [0.717, 1.165) is 77.1 Å². The van der Waals surface area contributed by atoms with Gasteiger partial charge in [0.15, 0.2) is 0 Å². The molecular weight excluding hydrogens is 361 g/mol. The quantitative estimate of drug-likeness (QED) is 0.758. The minimum absolute atomic E-state index is 0.151. The molecule has 0 spiro atoms. The van der Waals surface area contributed by atoms with E-state index in [1.807, 2.05) is 6.92 Å². The summed E-state index contributed by atoms with van der Waals surface area (Å²) in [7, 11) is 0.